The summed E-state index contributed by atoms with van der Waals surface area (Å²) in [5, 5.41) is 5.62. The summed E-state index contributed by atoms with van der Waals surface area (Å²) in [6, 6.07) is -0.123. The van der Waals surface area contributed by atoms with Crippen LogP contribution in [0.4, 0.5) is 4.79 Å². The van der Waals surface area contributed by atoms with Crippen LogP contribution >= 0.6 is 0 Å². The van der Waals surface area contributed by atoms with Gasteiger partial charge < -0.3 is 10.6 Å². The number of urea groups is 1. The van der Waals surface area contributed by atoms with Gasteiger partial charge in [0, 0.05) is 11.6 Å². The van der Waals surface area contributed by atoms with Crippen molar-refractivity contribution >= 4 is 12.1 Å². The number of nitrogens with zero attached hydrogens (tertiary/aromatic N) is 1. The van der Waals surface area contributed by atoms with E-state index < -0.39 is 11.1 Å². The molecule has 5 heteroatoms. The van der Waals surface area contributed by atoms with Crippen molar-refractivity contribution in [2.45, 2.75) is 65.1 Å². The highest BCUT2D eigenvalue weighted by molar-refractivity contribution is 5.74. The number of aliphatic imine (C=N–C) groups is 1. The van der Waals surface area contributed by atoms with Gasteiger partial charge in [0.1, 0.15) is 0 Å². The molecule has 0 spiro atoms. The maximum absolute atomic E-state index is 11.6. The third-order valence-electron chi connectivity index (χ3n) is 2.09. The predicted octanol–water partition coefficient (Wildman–Crippen LogP) is 1.98. The van der Waals surface area contributed by atoms with E-state index in [0.29, 0.717) is 6.42 Å². The first-order valence-electron chi connectivity index (χ1n) is 5.76. The number of carbonyl (C=O) groups excluding carboxylic acids is 2. The standard InChI is InChI=1S/C12H23N3O2/c1-9(2)14-10(17)15-12(5,6)7-11(3,4)13-8-16/h9H,7H2,1-6H3,(H2,14,15,17). The lowest BCUT2D eigenvalue weighted by Crippen LogP contribution is -2.52. The van der Waals surface area contributed by atoms with Gasteiger partial charge in [-0.2, -0.15) is 4.99 Å². The fourth-order valence-corrected chi connectivity index (χ4v) is 1.89. The molecule has 0 aliphatic rings. The van der Waals surface area contributed by atoms with Gasteiger partial charge in [0.25, 0.3) is 0 Å². The Hall–Kier alpha value is -1.35. The molecule has 0 aliphatic heterocycles. The number of rotatable bonds is 5. The average Bonchev–Trinajstić information content (AvgIpc) is 1.96. The highest BCUT2D eigenvalue weighted by Crippen LogP contribution is 2.22. The minimum absolute atomic E-state index is 0.0896. The summed E-state index contributed by atoms with van der Waals surface area (Å²) in [6.45, 7) is 11.3. The Balaban J connectivity index is 4.48. The molecule has 17 heavy (non-hydrogen) atoms. The number of hydrogen-bond donors (Lipinski definition) is 2. The molecule has 2 N–H and O–H groups in total. The van der Waals surface area contributed by atoms with Crippen molar-refractivity contribution in [1.82, 2.24) is 10.6 Å². The molecule has 0 aromatic rings. The Morgan fingerprint density at radius 1 is 1.29 bits per heavy atom. The van der Waals surface area contributed by atoms with Crippen molar-refractivity contribution in [3.63, 3.8) is 0 Å². The van der Waals surface area contributed by atoms with Crippen molar-refractivity contribution < 1.29 is 9.59 Å². The van der Waals surface area contributed by atoms with E-state index in [1.807, 2.05) is 41.5 Å². The molecule has 5 nitrogen and oxygen atoms in total. The number of nitrogens with one attached hydrogen (secondary N) is 2. The molecule has 98 valence electrons. The fourth-order valence-electron chi connectivity index (χ4n) is 1.89. The van der Waals surface area contributed by atoms with E-state index in [2.05, 4.69) is 15.6 Å². The molecular formula is C12H23N3O2. The van der Waals surface area contributed by atoms with Crippen LogP contribution < -0.4 is 10.6 Å². The topological polar surface area (TPSA) is 70.6 Å². The van der Waals surface area contributed by atoms with Gasteiger partial charge in [-0.25, -0.2) is 9.59 Å². The monoisotopic (exact) mass is 241 g/mol. The van der Waals surface area contributed by atoms with Gasteiger partial charge in [0.2, 0.25) is 6.08 Å². The SMILES string of the molecule is CC(C)NC(=O)NC(C)(C)CC(C)(C)N=C=O. The van der Waals surface area contributed by atoms with E-state index in [-0.39, 0.29) is 12.1 Å². The molecule has 0 radical (unpaired) electrons. The lowest BCUT2D eigenvalue weighted by Gasteiger charge is -2.32. The Morgan fingerprint density at radius 2 is 1.82 bits per heavy atom. The molecule has 0 rings (SSSR count). The minimum atomic E-state index is -0.531. The van der Waals surface area contributed by atoms with Crippen molar-refractivity contribution in [1.29, 1.82) is 0 Å². The van der Waals surface area contributed by atoms with Gasteiger partial charge in [0.15, 0.2) is 0 Å². The molecule has 0 aromatic heterocycles. The lowest BCUT2D eigenvalue weighted by atomic mass is 9.87. The third-order valence-corrected chi connectivity index (χ3v) is 2.09. The summed E-state index contributed by atoms with van der Waals surface area (Å²) in [5.41, 5.74) is -0.973. The van der Waals surface area contributed by atoms with Gasteiger partial charge in [-0.3, -0.25) is 0 Å². The molecule has 2 amide bonds. The molecular weight excluding hydrogens is 218 g/mol. The van der Waals surface area contributed by atoms with E-state index >= 15 is 0 Å². The normalized spacial score (nSPS) is 11.9. The quantitative estimate of drug-likeness (QED) is 0.570. The van der Waals surface area contributed by atoms with Crippen LogP contribution in [0.2, 0.25) is 0 Å². The van der Waals surface area contributed by atoms with Crippen LogP contribution in [-0.4, -0.2) is 29.2 Å². The van der Waals surface area contributed by atoms with Crippen LogP contribution in [0.15, 0.2) is 4.99 Å². The Bertz CT molecular complexity index is 316. The Labute approximate surface area is 103 Å². The first-order valence-corrected chi connectivity index (χ1v) is 5.76. The van der Waals surface area contributed by atoms with Crippen molar-refractivity contribution in [3.05, 3.63) is 0 Å². The van der Waals surface area contributed by atoms with Crippen molar-refractivity contribution in [2.75, 3.05) is 0 Å². The molecule has 0 fully saturated rings. The van der Waals surface area contributed by atoms with Gasteiger partial charge >= 0.3 is 6.03 Å². The van der Waals surface area contributed by atoms with E-state index in [4.69, 9.17) is 0 Å². The van der Waals surface area contributed by atoms with E-state index in [1.165, 1.54) is 0 Å². The van der Waals surface area contributed by atoms with Crippen LogP contribution in [0, 0.1) is 0 Å². The molecule has 0 unspecified atom stereocenters. The molecule has 0 bridgehead atoms. The van der Waals surface area contributed by atoms with Crippen LogP contribution in [0.1, 0.15) is 48.0 Å². The summed E-state index contributed by atoms with van der Waals surface area (Å²) in [5.74, 6) is 0. The van der Waals surface area contributed by atoms with E-state index in [1.54, 1.807) is 6.08 Å². The van der Waals surface area contributed by atoms with Gasteiger partial charge in [-0.15, -0.1) is 0 Å². The van der Waals surface area contributed by atoms with Crippen molar-refractivity contribution in [3.8, 4) is 0 Å². The predicted molar refractivity (Wildman–Crippen MR) is 67.7 cm³/mol. The van der Waals surface area contributed by atoms with Gasteiger partial charge in [0.05, 0.1) is 5.54 Å². The second-order valence-electron chi connectivity index (χ2n) is 5.83. The average molecular weight is 241 g/mol. The molecule has 0 aromatic carbocycles. The zero-order valence-corrected chi connectivity index (χ0v) is 11.5. The molecule has 0 saturated heterocycles. The van der Waals surface area contributed by atoms with Gasteiger partial charge in [-0.05, 0) is 48.0 Å². The smallest absolute Gasteiger partial charge is 0.315 e. The second kappa shape index (κ2) is 5.82. The van der Waals surface area contributed by atoms with Crippen LogP contribution in [0.5, 0.6) is 0 Å². The fraction of sp³-hybridized carbons (Fsp3) is 0.833. The highest BCUT2D eigenvalue weighted by Gasteiger charge is 2.30. The summed E-state index contributed by atoms with van der Waals surface area (Å²) in [4.78, 5) is 25.6. The zero-order chi connectivity index (χ0) is 13.7. The molecule has 0 saturated carbocycles. The number of carbonyl (C=O) groups is 1. The van der Waals surface area contributed by atoms with E-state index in [9.17, 15) is 9.59 Å². The summed E-state index contributed by atoms with van der Waals surface area (Å²) < 4.78 is 0. The number of amides is 2. The molecule has 0 atom stereocenters. The van der Waals surface area contributed by atoms with Crippen LogP contribution in [0.25, 0.3) is 0 Å². The number of hydrogen-bond acceptors (Lipinski definition) is 3. The molecule has 0 aliphatic carbocycles. The largest absolute Gasteiger partial charge is 0.336 e. The maximum atomic E-state index is 11.6. The Morgan fingerprint density at radius 3 is 2.24 bits per heavy atom. The zero-order valence-electron chi connectivity index (χ0n) is 11.5. The Kier molecular flexibility index (Phi) is 5.36. The third kappa shape index (κ3) is 7.53. The first kappa shape index (κ1) is 15.7. The summed E-state index contributed by atoms with van der Waals surface area (Å²) >= 11 is 0. The van der Waals surface area contributed by atoms with Crippen LogP contribution in [0.3, 0.4) is 0 Å². The lowest BCUT2D eigenvalue weighted by molar-refractivity contribution is 0.219. The summed E-state index contributed by atoms with van der Waals surface area (Å²) in [6.07, 6.45) is 2.12. The van der Waals surface area contributed by atoms with Crippen LogP contribution in [-0.2, 0) is 4.79 Å². The second-order valence-corrected chi connectivity index (χ2v) is 5.83. The maximum Gasteiger partial charge on any atom is 0.315 e. The molecule has 0 heterocycles. The van der Waals surface area contributed by atoms with Crippen molar-refractivity contribution in [2.24, 2.45) is 4.99 Å². The van der Waals surface area contributed by atoms with E-state index in [0.717, 1.165) is 0 Å². The minimum Gasteiger partial charge on any atom is -0.336 e. The highest BCUT2D eigenvalue weighted by atomic mass is 16.2. The first-order chi connectivity index (χ1) is 7.58. The van der Waals surface area contributed by atoms with Gasteiger partial charge in [-0.1, -0.05) is 0 Å². The number of isocyanates is 1. The summed E-state index contributed by atoms with van der Waals surface area (Å²) in [7, 11) is 0.